The van der Waals surface area contributed by atoms with E-state index in [1.54, 1.807) is 5.43 Å². The minimum atomic E-state index is -3.27. The first-order chi connectivity index (χ1) is 14.3. The lowest BCUT2D eigenvalue weighted by atomic mass is 9.72. The number of nitrogens with one attached hydrogen (secondary N) is 3. The Balaban J connectivity index is 0.00000155. The molecule has 11 heteroatoms. The average Bonchev–Trinajstić information content (AvgIpc) is 2.72. The molecule has 1 heterocycles. The highest BCUT2D eigenvalue weighted by Crippen LogP contribution is 2.43. The van der Waals surface area contributed by atoms with Crippen LogP contribution in [0.5, 0.6) is 0 Å². The number of rotatable bonds is 5. The quantitative estimate of drug-likeness (QED) is 0.503. The van der Waals surface area contributed by atoms with Crippen molar-refractivity contribution < 1.29 is 27.2 Å². The number of carbonyl (C=O) groups is 2. The Bertz CT molecular complexity index is 889. The Morgan fingerprint density at radius 1 is 1.03 bits per heavy atom. The summed E-state index contributed by atoms with van der Waals surface area (Å²) >= 11 is 0. The van der Waals surface area contributed by atoms with Crippen LogP contribution in [-0.2, 0) is 10.3 Å². The zero-order valence-electron chi connectivity index (χ0n) is 16.3. The monoisotopic (exact) mass is 427 g/mol. The number of nitrogens with zero attached hydrogens (tertiary/aromatic N) is 2. The molecule has 2 amide bonds. The summed E-state index contributed by atoms with van der Waals surface area (Å²) in [5, 5.41) is 3.07. The van der Waals surface area contributed by atoms with Gasteiger partial charge in [-0.1, -0.05) is 19.9 Å². The van der Waals surface area contributed by atoms with Crippen LogP contribution < -0.4 is 16.2 Å². The van der Waals surface area contributed by atoms with Crippen molar-refractivity contribution in [3.8, 4) is 0 Å². The summed E-state index contributed by atoms with van der Waals surface area (Å²) in [6.07, 6.45) is 1.19. The molecule has 0 aliphatic heterocycles. The molecule has 0 radical (unpaired) electrons. The SMILES string of the molecule is CC.O=C(NNC(=O)C(F)F)c1cnc(NC2(c3ccc(F)c(F)c3)CCC2)nc1. The smallest absolute Gasteiger partial charge is 0.317 e. The third kappa shape index (κ3) is 5.22. The molecule has 0 bridgehead atoms. The van der Waals surface area contributed by atoms with Crippen molar-refractivity contribution in [1.29, 1.82) is 0 Å². The van der Waals surface area contributed by atoms with Gasteiger partial charge in [-0.2, -0.15) is 8.78 Å². The highest BCUT2D eigenvalue weighted by atomic mass is 19.3. The Labute approximate surface area is 170 Å². The molecule has 162 valence electrons. The van der Waals surface area contributed by atoms with Gasteiger partial charge in [-0.05, 0) is 37.0 Å². The minimum absolute atomic E-state index is 0.0735. The van der Waals surface area contributed by atoms with Crippen LogP contribution >= 0.6 is 0 Å². The molecule has 0 spiro atoms. The first-order valence-corrected chi connectivity index (χ1v) is 9.25. The Morgan fingerprint density at radius 3 is 2.17 bits per heavy atom. The van der Waals surface area contributed by atoms with Gasteiger partial charge in [-0.25, -0.2) is 18.7 Å². The zero-order chi connectivity index (χ0) is 22.3. The van der Waals surface area contributed by atoms with Crippen LogP contribution in [0.4, 0.5) is 23.5 Å². The van der Waals surface area contributed by atoms with Crippen molar-refractivity contribution in [3.05, 3.63) is 53.4 Å². The number of halogens is 4. The third-order valence-electron chi connectivity index (χ3n) is 4.44. The second-order valence-electron chi connectivity index (χ2n) is 6.23. The van der Waals surface area contributed by atoms with Gasteiger partial charge in [0.25, 0.3) is 5.91 Å². The van der Waals surface area contributed by atoms with Crippen LogP contribution in [0.15, 0.2) is 30.6 Å². The maximum Gasteiger partial charge on any atom is 0.317 e. The standard InChI is InChI=1S/C17H15F4N5O2.C2H6/c18-11-3-2-10(6-12(11)19)17(4-1-5-17)24-16-22-7-9(8-23-16)14(27)25-26-15(28)13(20)21;1-2/h2-3,6-8,13H,1,4-5H2,(H,25,27)(H,26,28)(H,22,23,24);1-2H3. The first kappa shape index (κ1) is 23.0. The molecule has 30 heavy (non-hydrogen) atoms. The molecule has 1 aliphatic carbocycles. The second kappa shape index (κ2) is 9.99. The lowest BCUT2D eigenvalue weighted by molar-refractivity contribution is -0.132. The topological polar surface area (TPSA) is 96.0 Å². The number of aromatic nitrogens is 2. The van der Waals surface area contributed by atoms with E-state index in [2.05, 4.69) is 15.3 Å². The number of hydrazine groups is 1. The van der Waals surface area contributed by atoms with Crippen molar-refractivity contribution in [2.45, 2.75) is 45.1 Å². The Kier molecular flexibility index (Phi) is 7.67. The minimum Gasteiger partial charge on any atom is -0.345 e. The fourth-order valence-electron chi connectivity index (χ4n) is 2.78. The molecule has 3 rings (SSSR count). The van der Waals surface area contributed by atoms with Crippen molar-refractivity contribution in [2.24, 2.45) is 0 Å². The van der Waals surface area contributed by atoms with Gasteiger partial charge in [0.05, 0.1) is 11.1 Å². The zero-order valence-corrected chi connectivity index (χ0v) is 16.3. The first-order valence-electron chi connectivity index (χ1n) is 9.25. The van der Waals surface area contributed by atoms with Crippen LogP contribution in [0, 0.1) is 11.6 Å². The van der Waals surface area contributed by atoms with Crippen LogP contribution in [0.3, 0.4) is 0 Å². The summed E-state index contributed by atoms with van der Waals surface area (Å²) in [7, 11) is 0. The fourth-order valence-corrected chi connectivity index (χ4v) is 2.78. The molecule has 1 aromatic heterocycles. The average molecular weight is 427 g/mol. The van der Waals surface area contributed by atoms with Crippen molar-refractivity contribution >= 4 is 17.8 Å². The highest BCUT2D eigenvalue weighted by Gasteiger charge is 2.39. The van der Waals surface area contributed by atoms with Crippen molar-refractivity contribution in [2.75, 3.05) is 5.32 Å². The van der Waals surface area contributed by atoms with Gasteiger partial charge in [0.1, 0.15) is 0 Å². The Morgan fingerprint density at radius 2 is 1.67 bits per heavy atom. The molecule has 3 N–H and O–H groups in total. The lowest BCUT2D eigenvalue weighted by Gasteiger charge is -2.43. The van der Waals surface area contributed by atoms with Crippen LogP contribution in [0.1, 0.15) is 49.0 Å². The summed E-state index contributed by atoms with van der Waals surface area (Å²) < 4.78 is 50.9. The van der Waals surface area contributed by atoms with E-state index < -0.39 is 35.4 Å². The molecule has 1 fully saturated rings. The molecule has 1 saturated carbocycles. The predicted octanol–water partition coefficient (Wildman–Crippen LogP) is 3.30. The van der Waals surface area contributed by atoms with Gasteiger partial charge in [0, 0.05) is 12.4 Å². The van der Waals surface area contributed by atoms with Crippen molar-refractivity contribution in [1.82, 2.24) is 20.8 Å². The number of amides is 2. The number of alkyl halides is 2. The summed E-state index contributed by atoms with van der Waals surface area (Å²) in [5.41, 5.74) is 3.20. The van der Waals surface area contributed by atoms with Crippen LogP contribution in [0.25, 0.3) is 0 Å². The second-order valence-corrected chi connectivity index (χ2v) is 6.23. The van der Waals surface area contributed by atoms with Gasteiger partial charge in [-0.3, -0.25) is 20.4 Å². The van der Waals surface area contributed by atoms with E-state index in [1.165, 1.54) is 6.07 Å². The van der Waals surface area contributed by atoms with E-state index in [1.807, 2.05) is 19.3 Å². The number of hydrogen-bond donors (Lipinski definition) is 3. The third-order valence-corrected chi connectivity index (χ3v) is 4.44. The number of benzene rings is 1. The van der Waals surface area contributed by atoms with Gasteiger partial charge < -0.3 is 5.32 Å². The number of anilines is 1. The maximum absolute atomic E-state index is 13.6. The summed E-state index contributed by atoms with van der Waals surface area (Å²) in [4.78, 5) is 30.5. The number of carbonyl (C=O) groups excluding carboxylic acids is 2. The van der Waals surface area contributed by atoms with Crippen molar-refractivity contribution in [3.63, 3.8) is 0 Å². The summed E-state index contributed by atoms with van der Waals surface area (Å²) in [6, 6.07) is 3.65. The van der Waals surface area contributed by atoms with Gasteiger partial charge in [-0.15, -0.1) is 0 Å². The molecule has 1 aliphatic rings. The molecule has 0 unspecified atom stereocenters. The van der Waals surface area contributed by atoms with E-state index in [9.17, 15) is 27.2 Å². The highest BCUT2D eigenvalue weighted by molar-refractivity contribution is 5.95. The van der Waals surface area contributed by atoms with E-state index in [-0.39, 0.29) is 11.5 Å². The van der Waals surface area contributed by atoms with Gasteiger partial charge >= 0.3 is 12.3 Å². The van der Waals surface area contributed by atoms with E-state index in [0.717, 1.165) is 30.9 Å². The molecule has 2 aromatic rings. The summed E-state index contributed by atoms with van der Waals surface area (Å²) in [5.74, 6) is -4.27. The normalized spacial score (nSPS) is 14.1. The van der Waals surface area contributed by atoms with E-state index >= 15 is 0 Å². The summed E-state index contributed by atoms with van der Waals surface area (Å²) in [6.45, 7) is 4.00. The molecule has 1 aromatic carbocycles. The van der Waals surface area contributed by atoms with Crippen LogP contribution in [0.2, 0.25) is 0 Å². The largest absolute Gasteiger partial charge is 0.345 e. The molecule has 7 nitrogen and oxygen atoms in total. The van der Waals surface area contributed by atoms with Crippen LogP contribution in [-0.4, -0.2) is 28.2 Å². The molecule has 0 atom stereocenters. The Hall–Kier alpha value is -3.24. The molecular formula is C19H21F4N5O2. The van der Waals surface area contributed by atoms with E-state index in [4.69, 9.17) is 0 Å². The number of hydrogen-bond acceptors (Lipinski definition) is 5. The van der Waals surface area contributed by atoms with E-state index in [0.29, 0.717) is 18.4 Å². The molecule has 0 saturated heterocycles. The lowest BCUT2D eigenvalue weighted by Crippen LogP contribution is -2.44. The van der Waals surface area contributed by atoms with Gasteiger partial charge in [0.15, 0.2) is 11.6 Å². The molecular weight excluding hydrogens is 406 g/mol. The fraction of sp³-hybridized carbons (Fsp3) is 0.368. The predicted molar refractivity (Wildman–Crippen MR) is 101 cm³/mol. The van der Waals surface area contributed by atoms with Gasteiger partial charge in [0.2, 0.25) is 5.95 Å². The maximum atomic E-state index is 13.6.